The van der Waals surface area contributed by atoms with Gasteiger partial charge in [0.05, 0.1) is 5.69 Å². The maximum atomic E-state index is 10.4. The number of likely N-dealkylation sites (tertiary alicyclic amines) is 1. The molecule has 0 aliphatic carbocycles. The molecule has 3 heterocycles. The Hall–Kier alpha value is -0.730. The Morgan fingerprint density at radius 3 is 2.55 bits per heavy atom. The van der Waals surface area contributed by atoms with Crippen molar-refractivity contribution in [2.75, 3.05) is 52.0 Å². The van der Waals surface area contributed by atoms with Gasteiger partial charge in [0.1, 0.15) is 6.23 Å². The first-order chi connectivity index (χ1) is 10.6. The number of aliphatic hydroxyl groups is 1. The van der Waals surface area contributed by atoms with Crippen LogP contribution in [0.3, 0.4) is 0 Å². The summed E-state index contributed by atoms with van der Waals surface area (Å²) in [4.78, 5) is 11.4. The molecule has 124 valence electrons. The Morgan fingerprint density at radius 1 is 1.27 bits per heavy atom. The lowest BCUT2D eigenvalue weighted by molar-refractivity contribution is -0.0366. The van der Waals surface area contributed by atoms with Crippen LogP contribution in [0.15, 0.2) is 5.38 Å². The van der Waals surface area contributed by atoms with E-state index >= 15 is 0 Å². The number of rotatable bonds is 4. The summed E-state index contributed by atoms with van der Waals surface area (Å²) in [6, 6.07) is 0.730. The summed E-state index contributed by atoms with van der Waals surface area (Å²) >= 11 is 1.44. The summed E-state index contributed by atoms with van der Waals surface area (Å²) in [6.07, 6.45) is 2.68. The molecule has 0 spiro atoms. The predicted octanol–water partition coefficient (Wildman–Crippen LogP) is 0.298. The molecule has 2 fully saturated rings. The number of aromatic nitrogens is 1. The van der Waals surface area contributed by atoms with Gasteiger partial charge in [0.15, 0.2) is 5.13 Å². The number of nitrogen functional groups attached to an aromatic ring is 1. The van der Waals surface area contributed by atoms with Crippen molar-refractivity contribution in [1.82, 2.24) is 19.7 Å². The van der Waals surface area contributed by atoms with E-state index in [1.54, 1.807) is 0 Å². The van der Waals surface area contributed by atoms with Gasteiger partial charge in [0.2, 0.25) is 0 Å². The van der Waals surface area contributed by atoms with E-state index in [-0.39, 0.29) is 0 Å². The largest absolute Gasteiger partial charge is 0.378 e. The van der Waals surface area contributed by atoms with Gasteiger partial charge >= 0.3 is 0 Å². The van der Waals surface area contributed by atoms with Gasteiger partial charge in [-0.25, -0.2) is 4.98 Å². The second-order valence-electron chi connectivity index (χ2n) is 6.47. The lowest BCUT2D eigenvalue weighted by Crippen LogP contribution is -2.55. The van der Waals surface area contributed by atoms with Crippen LogP contribution in [-0.2, 0) is 6.42 Å². The van der Waals surface area contributed by atoms with E-state index in [9.17, 15) is 5.11 Å². The van der Waals surface area contributed by atoms with Gasteiger partial charge in [-0.05, 0) is 33.0 Å². The fourth-order valence-electron chi connectivity index (χ4n) is 3.49. The summed E-state index contributed by atoms with van der Waals surface area (Å²) < 4.78 is 0. The lowest BCUT2D eigenvalue weighted by atomic mass is 10.0. The summed E-state index contributed by atoms with van der Waals surface area (Å²) in [5, 5.41) is 12.9. The molecule has 6 nitrogen and oxygen atoms in total. The first-order valence-electron chi connectivity index (χ1n) is 8.16. The zero-order valence-electron chi connectivity index (χ0n) is 13.3. The minimum Gasteiger partial charge on any atom is -0.378 e. The third-order valence-electron chi connectivity index (χ3n) is 4.94. The molecule has 3 rings (SSSR count). The van der Waals surface area contributed by atoms with E-state index < -0.39 is 6.23 Å². The van der Waals surface area contributed by atoms with Crippen LogP contribution in [0.5, 0.6) is 0 Å². The molecule has 2 saturated heterocycles. The van der Waals surface area contributed by atoms with E-state index in [2.05, 4.69) is 26.7 Å². The number of piperidine rings is 1. The fourth-order valence-corrected chi connectivity index (χ4v) is 4.07. The number of aliphatic hydroxyl groups excluding tert-OH is 1. The third kappa shape index (κ3) is 3.97. The zero-order chi connectivity index (χ0) is 15.5. The SMILES string of the molecule is CN1CCC(N2CCN(C(O)Cc3csc(N)n3)CC2)CC1. The van der Waals surface area contributed by atoms with Gasteiger partial charge in [0, 0.05) is 44.0 Å². The van der Waals surface area contributed by atoms with E-state index in [1.165, 1.54) is 37.3 Å². The summed E-state index contributed by atoms with van der Waals surface area (Å²) in [7, 11) is 2.20. The van der Waals surface area contributed by atoms with Crippen molar-refractivity contribution in [2.24, 2.45) is 0 Å². The second kappa shape index (κ2) is 7.23. The molecule has 2 aliphatic rings. The van der Waals surface area contributed by atoms with Gasteiger partial charge in [-0.1, -0.05) is 0 Å². The van der Waals surface area contributed by atoms with Crippen molar-refractivity contribution in [2.45, 2.75) is 31.5 Å². The smallest absolute Gasteiger partial charge is 0.180 e. The van der Waals surface area contributed by atoms with E-state index in [0.717, 1.165) is 37.9 Å². The minimum atomic E-state index is -0.443. The lowest BCUT2D eigenvalue weighted by Gasteiger charge is -2.43. The molecular formula is C15H27N5OS. The van der Waals surface area contributed by atoms with Gasteiger partial charge in [-0.2, -0.15) is 0 Å². The second-order valence-corrected chi connectivity index (χ2v) is 7.36. The summed E-state index contributed by atoms with van der Waals surface area (Å²) in [5.41, 5.74) is 6.54. The third-order valence-corrected chi connectivity index (χ3v) is 5.66. The van der Waals surface area contributed by atoms with Gasteiger partial charge < -0.3 is 15.7 Å². The fraction of sp³-hybridized carbons (Fsp3) is 0.800. The van der Waals surface area contributed by atoms with Gasteiger partial charge in [0.25, 0.3) is 0 Å². The maximum Gasteiger partial charge on any atom is 0.180 e. The number of thiazole rings is 1. The van der Waals surface area contributed by atoms with Crippen LogP contribution in [0, 0.1) is 0 Å². The Bertz CT molecular complexity index is 466. The van der Waals surface area contributed by atoms with E-state index in [1.807, 2.05) is 5.38 Å². The van der Waals surface area contributed by atoms with E-state index in [0.29, 0.717) is 11.6 Å². The number of nitrogens with zero attached hydrogens (tertiary/aromatic N) is 4. The average Bonchev–Trinajstić information content (AvgIpc) is 2.93. The van der Waals surface area contributed by atoms with Crippen molar-refractivity contribution < 1.29 is 5.11 Å². The molecule has 2 aliphatic heterocycles. The summed E-state index contributed by atoms with van der Waals surface area (Å²) in [5.74, 6) is 0. The molecule has 0 radical (unpaired) electrons. The van der Waals surface area contributed by atoms with Crippen molar-refractivity contribution >= 4 is 16.5 Å². The zero-order valence-corrected chi connectivity index (χ0v) is 14.1. The van der Waals surface area contributed by atoms with Crippen LogP contribution in [0.2, 0.25) is 0 Å². The van der Waals surface area contributed by atoms with E-state index in [4.69, 9.17) is 5.73 Å². The molecule has 1 aromatic rings. The Balaban J connectivity index is 1.45. The predicted molar refractivity (Wildman–Crippen MR) is 89.9 cm³/mol. The first-order valence-corrected chi connectivity index (χ1v) is 9.04. The maximum absolute atomic E-state index is 10.4. The van der Waals surface area contributed by atoms with Crippen LogP contribution < -0.4 is 5.73 Å². The van der Waals surface area contributed by atoms with Crippen LogP contribution >= 0.6 is 11.3 Å². The molecule has 0 saturated carbocycles. The van der Waals surface area contributed by atoms with Crippen molar-refractivity contribution in [1.29, 1.82) is 0 Å². The highest BCUT2D eigenvalue weighted by atomic mass is 32.1. The molecule has 3 N–H and O–H groups in total. The number of hydrogen-bond donors (Lipinski definition) is 2. The molecule has 22 heavy (non-hydrogen) atoms. The highest BCUT2D eigenvalue weighted by molar-refractivity contribution is 7.13. The Morgan fingerprint density at radius 2 is 1.95 bits per heavy atom. The van der Waals surface area contributed by atoms with Crippen molar-refractivity contribution in [3.8, 4) is 0 Å². The molecule has 0 bridgehead atoms. The molecule has 7 heteroatoms. The molecular weight excluding hydrogens is 298 g/mol. The highest BCUT2D eigenvalue weighted by Crippen LogP contribution is 2.19. The molecule has 0 amide bonds. The normalized spacial score (nSPS) is 24.6. The quantitative estimate of drug-likeness (QED) is 0.830. The van der Waals surface area contributed by atoms with Gasteiger partial charge in [-0.3, -0.25) is 9.80 Å². The Kier molecular flexibility index (Phi) is 5.30. The minimum absolute atomic E-state index is 0.443. The van der Waals surface area contributed by atoms with Crippen LogP contribution in [-0.4, -0.2) is 83.4 Å². The molecule has 0 aromatic carbocycles. The molecule has 1 unspecified atom stereocenters. The number of hydrogen-bond acceptors (Lipinski definition) is 7. The van der Waals surface area contributed by atoms with Crippen molar-refractivity contribution in [3.63, 3.8) is 0 Å². The standard InChI is InChI=1S/C15H27N5OS/c1-18-4-2-13(3-5-18)19-6-8-20(9-7-19)14(21)10-12-11-22-15(16)17-12/h11,13-14,21H,2-10H2,1H3,(H2,16,17). The average molecular weight is 325 g/mol. The Labute approximate surface area is 136 Å². The van der Waals surface area contributed by atoms with Crippen LogP contribution in [0.25, 0.3) is 0 Å². The summed E-state index contributed by atoms with van der Waals surface area (Å²) in [6.45, 7) is 6.41. The molecule has 1 aromatic heterocycles. The van der Waals surface area contributed by atoms with Crippen molar-refractivity contribution in [3.05, 3.63) is 11.1 Å². The topological polar surface area (TPSA) is 68.9 Å². The van der Waals surface area contributed by atoms with Crippen LogP contribution in [0.1, 0.15) is 18.5 Å². The van der Waals surface area contributed by atoms with Gasteiger partial charge in [-0.15, -0.1) is 11.3 Å². The monoisotopic (exact) mass is 325 g/mol. The first kappa shape index (κ1) is 16.1. The number of piperazine rings is 1. The van der Waals surface area contributed by atoms with Crippen LogP contribution in [0.4, 0.5) is 5.13 Å². The highest BCUT2D eigenvalue weighted by Gasteiger charge is 2.28. The number of nitrogens with two attached hydrogens (primary N) is 1. The molecule has 1 atom stereocenters. The number of anilines is 1.